The van der Waals surface area contributed by atoms with Crippen molar-refractivity contribution in [1.82, 2.24) is 0 Å². The lowest BCUT2D eigenvalue weighted by Crippen LogP contribution is -2.10. The van der Waals surface area contributed by atoms with Crippen LogP contribution in [0, 0.1) is 0 Å². The van der Waals surface area contributed by atoms with Crippen molar-refractivity contribution in [2.75, 3.05) is 10.2 Å². The van der Waals surface area contributed by atoms with Crippen LogP contribution in [0.2, 0.25) is 0 Å². The van der Waals surface area contributed by atoms with E-state index < -0.39 is 0 Å². The van der Waals surface area contributed by atoms with E-state index in [0.29, 0.717) is 0 Å². The van der Waals surface area contributed by atoms with Crippen molar-refractivity contribution in [3.05, 3.63) is 200 Å². The molecule has 10 rings (SSSR count). The third-order valence-electron chi connectivity index (χ3n) is 10.3. The van der Waals surface area contributed by atoms with Crippen molar-refractivity contribution in [1.29, 1.82) is 0 Å². The van der Waals surface area contributed by atoms with Gasteiger partial charge in [-0.25, -0.2) is 0 Å². The highest BCUT2D eigenvalue weighted by Crippen LogP contribution is 2.50. The lowest BCUT2D eigenvalue weighted by atomic mass is 9.94. The molecule has 1 aliphatic rings. The minimum atomic E-state index is -0.264. The maximum Gasteiger partial charge on any atom is 0.196 e. The molecule has 0 spiro atoms. The molecule has 3 heteroatoms. The van der Waals surface area contributed by atoms with Crippen molar-refractivity contribution in [3.63, 3.8) is 0 Å². The maximum atomic E-state index is 6.76. The molecule has 52 heavy (non-hydrogen) atoms. The number of nitrogens with zero attached hydrogens (tertiary/aromatic N) is 1. The first-order chi connectivity index (χ1) is 25.8. The second-order valence-electron chi connectivity index (χ2n) is 13.4. The van der Waals surface area contributed by atoms with Crippen molar-refractivity contribution >= 4 is 55.1 Å². The summed E-state index contributed by atoms with van der Waals surface area (Å²) in [5.74, 6) is 0.890. The first-order valence-electron chi connectivity index (χ1n) is 17.8. The first kappa shape index (κ1) is 30.0. The fraction of sp³-hybridized carbons (Fsp3) is 0.0204. The van der Waals surface area contributed by atoms with Gasteiger partial charge in [0.1, 0.15) is 0 Å². The Balaban J connectivity index is 1.13. The van der Waals surface area contributed by atoms with Crippen LogP contribution < -0.4 is 15.0 Å². The molecule has 1 heterocycles. The van der Waals surface area contributed by atoms with E-state index in [4.69, 9.17) is 4.74 Å². The number of rotatable bonds is 6. The topological polar surface area (TPSA) is 24.5 Å². The van der Waals surface area contributed by atoms with Crippen LogP contribution >= 0.6 is 0 Å². The van der Waals surface area contributed by atoms with Gasteiger partial charge in [0.25, 0.3) is 0 Å². The summed E-state index contributed by atoms with van der Waals surface area (Å²) in [6, 6.07) is 69.3. The van der Waals surface area contributed by atoms with E-state index in [1.54, 1.807) is 0 Å². The molecular weight excluding hydrogens is 633 g/mol. The molecule has 1 aliphatic heterocycles. The molecule has 1 atom stereocenters. The van der Waals surface area contributed by atoms with Gasteiger partial charge in [0.15, 0.2) is 12.0 Å². The number of ether oxygens (including phenoxy) is 1. The summed E-state index contributed by atoms with van der Waals surface area (Å²) >= 11 is 0. The van der Waals surface area contributed by atoms with Gasteiger partial charge in [0, 0.05) is 33.4 Å². The lowest BCUT2D eigenvalue weighted by Gasteiger charge is -2.26. The van der Waals surface area contributed by atoms with Crippen molar-refractivity contribution < 1.29 is 4.74 Å². The van der Waals surface area contributed by atoms with Gasteiger partial charge in [-0.1, -0.05) is 140 Å². The summed E-state index contributed by atoms with van der Waals surface area (Å²) < 4.78 is 6.76. The Labute approximate surface area is 303 Å². The number of nitrogens with one attached hydrogen (secondary N) is 1. The number of hydrogen-bond acceptors (Lipinski definition) is 3. The third kappa shape index (κ3) is 5.23. The summed E-state index contributed by atoms with van der Waals surface area (Å²) in [5, 5.41) is 10.8. The van der Waals surface area contributed by atoms with E-state index in [1.807, 2.05) is 6.07 Å². The van der Waals surface area contributed by atoms with Crippen molar-refractivity contribution in [3.8, 4) is 28.0 Å². The average molecular weight is 667 g/mol. The molecule has 1 unspecified atom stereocenters. The van der Waals surface area contributed by atoms with Gasteiger partial charge in [0.05, 0.1) is 5.69 Å². The summed E-state index contributed by atoms with van der Waals surface area (Å²) in [6.45, 7) is 0. The number of hydrogen-bond donors (Lipinski definition) is 1. The van der Waals surface area contributed by atoms with Gasteiger partial charge in [-0.15, -0.1) is 0 Å². The van der Waals surface area contributed by atoms with Crippen LogP contribution in [0.3, 0.4) is 0 Å². The SMILES string of the molecule is c1ccc(-c2ccc3c4c(c5ccc(N(c6ccccc6)c6ccc(-c7ccc8ccccc8c7)cc6)cc5c3c2)OC(c2ccccc2)N4)cc1. The zero-order valence-corrected chi connectivity index (χ0v) is 28.4. The molecule has 246 valence electrons. The largest absolute Gasteiger partial charge is 0.464 e. The molecule has 0 aliphatic carbocycles. The fourth-order valence-electron chi connectivity index (χ4n) is 7.66. The number of benzene rings is 9. The van der Waals surface area contributed by atoms with Gasteiger partial charge in [-0.2, -0.15) is 0 Å². The standard InChI is InChI=1S/C49H34N2O/c1-4-12-33(13-5-1)39-24-28-43-45(31-39)46-32-42(27-29-44(46)48-47(43)50-49(52-48)36-15-6-2-7-16-36)51(40-18-8-3-9-19-40)41-25-22-35(23-26-41)38-21-20-34-14-10-11-17-37(34)30-38/h1-32,49-50H. The van der Waals surface area contributed by atoms with Gasteiger partial charge in [-0.3, -0.25) is 0 Å². The molecule has 0 amide bonds. The van der Waals surface area contributed by atoms with E-state index in [0.717, 1.165) is 50.2 Å². The molecule has 9 aromatic rings. The summed E-state index contributed by atoms with van der Waals surface area (Å²) in [7, 11) is 0. The van der Waals surface area contributed by atoms with Gasteiger partial charge < -0.3 is 15.0 Å². The maximum absolute atomic E-state index is 6.76. The van der Waals surface area contributed by atoms with Gasteiger partial charge >= 0.3 is 0 Å². The van der Waals surface area contributed by atoms with Crippen LogP contribution in [-0.4, -0.2) is 0 Å². The molecular formula is C49H34N2O. The van der Waals surface area contributed by atoms with E-state index in [-0.39, 0.29) is 6.23 Å². The molecule has 0 radical (unpaired) electrons. The molecule has 0 fully saturated rings. The third-order valence-corrected chi connectivity index (χ3v) is 10.3. The smallest absolute Gasteiger partial charge is 0.196 e. The quantitative estimate of drug-likeness (QED) is 0.179. The van der Waals surface area contributed by atoms with E-state index in [2.05, 4.69) is 198 Å². The Kier molecular flexibility index (Phi) is 7.21. The number of anilines is 4. The second kappa shape index (κ2) is 12.5. The van der Waals surface area contributed by atoms with Crippen LogP contribution in [0.4, 0.5) is 22.7 Å². The Morgan fingerprint density at radius 1 is 0.385 bits per heavy atom. The predicted molar refractivity (Wildman–Crippen MR) is 218 cm³/mol. The second-order valence-corrected chi connectivity index (χ2v) is 13.4. The van der Waals surface area contributed by atoms with E-state index in [9.17, 15) is 0 Å². The fourth-order valence-corrected chi connectivity index (χ4v) is 7.66. The molecule has 9 aromatic carbocycles. The Morgan fingerprint density at radius 3 is 1.73 bits per heavy atom. The van der Waals surface area contributed by atoms with Gasteiger partial charge in [-0.05, 0) is 98.4 Å². The van der Waals surface area contributed by atoms with Crippen LogP contribution in [-0.2, 0) is 0 Å². The zero-order valence-electron chi connectivity index (χ0n) is 28.4. The molecule has 3 nitrogen and oxygen atoms in total. The first-order valence-corrected chi connectivity index (χ1v) is 17.8. The number of para-hydroxylation sites is 1. The lowest BCUT2D eigenvalue weighted by molar-refractivity contribution is 0.262. The summed E-state index contributed by atoms with van der Waals surface area (Å²) in [5.41, 5.74) is 10.2. The molecule has 0 saturated carbocycles. The van der Waals surface area contributed by atoms with Crippen molar-refractivity contribution in [2.45, 2.75) is 6.23 Å². The van der Waals surface area contributed by atoms with Crippen LogP contribution in [0.15, 0.2) is 194 Å². The molecule has 0 saturated heterocycles. The Bertz CT molecular complexity index is 2730. The average Bonchev–Trinajstić information content (AvgIpc) is 3.68. The molecule has 0 bridgehead atoms. The van der Waals surface area contributed by atoms with Crippen LogP contribution in [0.1, 0.15) is 11.8 Å². The van der Waals surface area contributed by atoms with Crippen LogP contribution in [0.5, 0.6) is 5.75 Å². The van der Waals surface area contributed by atoms with E-state index in [1.165, 1.54) is 38.4 Å². The monoisotopic (exact) mass is 666 g/mol. The van der Waals surface area contributed by atoms with E-state index >= 15 is 0 Å². The Hall–Kier alpha value is -6.84. The highest BCUT2D eigenvalue weighted by Gasteiger charge is 2.29. The number of fused-ring (bicyclic) bond motifs is 7. The van der Waals surface area contributed by atoms with Crippen LogP contribution in [0.25, 0.3) is 54.6 Å². The van der Waals surface area contributed by atoms with Gasteiger partial charge in [0.2, 0.25) is 0 Å². The minimum absolute atomic E-state index is 0.264. The normalized spacial score (nSPS) is 13.5. The molecule has 0 aromatic heterocycles. The zero-order chi connectivity index (χ0) is 34.4. The summed E-state index contributed by atoms with van der Waals surface area (Å²) in [4.78, 5) is 2.34. The highest BCUT2D eigenvalue weighted by molar-refractivity contribution is 6.19. The predicted octanol–water partition coefficient (Wildman–Crippen LogP) is 13.5. The Morgan fingerprint density at radius 2 is 0.942 bits per heavy atom. The minimum Gasteiger partial charge on any atom is -0.464 e. The van der Waals surface area contributed by atoms with Crippen molar-refractivity contribution in [2.24, 2.45) is 0 Å². The summed E-state index contributed by atoms with van der Waals surface area (Å²) in [6.07, 6.45) is -0.264. The highest BCUT2D eigenvalue weighted by atomic mass is 16.5. The molecule has 1 N–H and O–H groups in total.